The largest absolute Gasteiger partial charge is 0.481 e. The fraction of sp³-hybridized carbons (Fsp3) is 0.367. The van der Waals surface area contributed by atoms with Gasteiger partial charge in [-0.05, 0) is 36.0 Å². The highest BCUT2D eigenvalue weighted by atomic mass is 16.4. The van der Waals surface area contributed by atoms with E-state index in [1.807, 2.05) is 24.3 Å². The first-order chi connectivity index (χ1) is 20.0. The molecule has 42 heavy (non-hydrogen) atoms. The molecule has 4 unspecified atom stereocenters. The van der Waals surface area contributed by atoms with Crippen LogP contribution < -0.4 is 21.7 Å². The van der Waals surface area contributed by atoms with Gasteiger partial charge in [0, 0.05) is 29.9 Å². The van der Waals surface area contributed by atoms with Gasteiger partial charge in [-0.3, -0.25) is 19.2 Å². The number of rotatable bonds is 15. The monoisotopic (exact) mass is 579 g/mol. The second-order valence-electron chi connectivity index (χ2n) is 10.5. The van der Waals surface area contributed by atoms with Crippen molar-refractivity contribution >= 4 is 40.6 Å². The van der Waals surface area contributed by atoms with Crippen molar-refractivity contribution in [1.29, 1.82) is 0 Å². The van der Waals surface area contributed by atoms with Gasteiger partial charge in [-0.1, -0.05) is 62.4 Å². The van der Waals surface area contributed by atoms with Crippen LogP contribution in [0.15, 0.2) is 60.8 Å². The van der Waals surface area contributed by atoms with Crippen molar-refractivity contribution in [3.63, 3.8) is 0 Å². The minimum absolute atomic E-state index is 0.0303. The topological polar surface area (TPSA) is 204 Å². The SMILES string of the molecule is CC(C)C(NC(=O)C(N)Cc1c[nH]c2ccccc12)C(=O)NC(Cc1ccccc1)C(=O)NC(CCC(=O)O)C(=O)O. The number of aliphatic carboxylic acids is 2. The first kappa shape index (κ1) is 31.8. The van der Waals surface area contributed by atoms with E-state index < -0.39 is 60.2 Å². The van der Waals surface area contributed by atoms with E-state index in [2.05, 4.69) is 20.9 Å². The van der Waals surface area contributed by atoms with Crippen molar-refractivity contribution < 1.29 is 34.2 Å². The predicted molar refractivity (Wildman–Crippen MR) is 155 cm³/mol. The zero-order valence-electron chi connectivity index (χ0n) is 23.5. The molecule has 3 aromatic rings. The van der Waals surface area contributed by atoms with E-state index in [0.29, 0.717) is 5.56 Å². The predicted octanol–water partition coefficient (Wildman–Crippen LogP) is 1.34. The van der Waals surface area contributed by atoms with Gasteiger partial charge in [0.1, 0.15) is 18.1 Å². The zero-order chi connectivity index (χ0) is 30.8. The second kappa shape index (κ2) is 14.8. The molecule has 224 valence electrons. The molecule has 0 aliphatic carbocycles. The Balaban J connectivity index is 1.73. The highest BCUT2D eigenvalue weighted by molar-refractivity contribution is 5.94. The van der Waals surface area contributed by atoms with Gasteiger partial charge in [-0.15, -0.1) is 0 Å². The van der Waals surface area contributed by atoms with Gasteiger partial charge < -0.3 is 36.9 Å². The zero-order valence-corrected chi connectivity index (χ0v) is 23.5. The number of nitrogens with one attached hydrogen (secondary N) is 4. The van der Waals surface area contributed by atoms with Crippen molar-refractivity contribution in [2.24, 2.45) is 11.7 Å². The summed E-state index contributed by atoms with van der Waals surface area (Å²) < 4.78 is 0. The van der Waals surface area contributed by atoms with Crippen LogP contribution in [0.25, 0.3) is 10.9 Å². The number of hydrogen-bond donors (Lipinski definition) is 7. The smallest absolute Gasteiger partial charge is 0.326 e. The van der Waals surface area contributed by atoms with Crippen LogP contribution in [0.2, 0.25) is 0 Å². The summed E-state index contributed by atoms with van der Waals surface area (Å²) >= 11 is 0. The highest BCUT2D eigenvalue weighted by Gasteiger charge is 2.32. The molecular weight excluding hydrogens is 542 g/mol. The third kappa shape index (κ3) is 8.90. The lowest BCUT2D eigenvalue weighted by molar-refractivity contribution is -0.143. The summed E-state index contributed by atoms with van der Waals surface area (Å²) in [4.78, 5) is 65.4. The van der Waals surface area contributed by atoms with Crippen LogP contribution in [0, 0.1) is 5.92 Å². The molecule has 3 rings (SSSR count). The molecule has 0 bridgehead atoms. The van der Waals surface area contributed by atoms with E-state index >= 15 is 0 Å². The molecule has 8 N–H and O–H groups in total. The minimum Gasteiger partial charge on any atom is -0.481 e. The van der Waals surface area contributed by atoms with Gasteiger partial charge >= 0.3 is 11.9 Å². The molecule has 0 aliphatic rings. The van der Waals surface area contributed by atoms with Crippen LogP contribution >= 0.6 is 0 Å². The molecule has 1 aromatic heterocycles. The summed E-state index contributed by atoms with van der Waals surface area (Å²) in [5.41, 5.74) is 8.68. The van der Waals surface area contributed by atoms with Crippen molar-refractivity contribution in [3.8, 4) is 0 Å². The Morgan fingerprint density at radius 1 is 0.810 bits per heavy atom. The maximum Gasteiger partial charge on any atom is 0.326 e. The summed E-state index contributed by atoms with van der Waals surface area (Å²) in [7, 11) is 0. The Labute approximate surface area is 243 Å². The number of para-hydroxylation sites is 1. The van der Waals surface area contributed by atoms with E-state index in [0.717, 1.165) is 16.5 Å². The minimum atomic E-state index is -1.47. The number of hydrogen-bond acceptors (Lipinski definition) is 6. The molecule has 12 nitrogen and oxygen atoms in total. The Hall–Kier alpha value is -4.71. The number of nitrogens with two attached hydrogens (primary N) is 1. The first-order valence-corrected chi connectivity index (χ1v) is 13.7. The van der Waals surface area contributed by atoms with Crippen molar-refractivity contribution in [3.05, 3.63) is 71.9 Å². The van der Waals surface area contributed by atoms with Crippen LogP contribution in [0.1, 0.15) is 37.8 Å². The first-order valence-electron chi connectivity index (χ1n) is 13.7. The second-order valence-corrected chi connectivity index (χ2v) is 10.5. The molecule has 3 amide bonds. The number of carbonyl (C=O) groups is 5. The lowest BCUT2D eigenvalue weighted by Crippen LogP contribution is -2.59. The molecule has 2 aromatic carbocycles. The van der Waals surface area contributed by atoms with Gasteiger partial charge in [0.05, 0.1) is 6.04 Å². The molecule has 1 heterocycles. The molecule has 12 heteroatoms. The van der Waals surface area contributed by atoms with Crippen LogP contribution in [-0.4, -0.2) is 69.0 Å². The maximum absolute atomic E-state index is 13.4. The number of carboxylic acids is 2. The van der Waals surface area contributed by atoms with Crippen LogP contribution in [-0.2, 0) is 36.8 Å². The third-order valence-electron chi connectivity index (χ3n) is 6.88. The maximum atomic E-state index is 13.4. The third-order valence-corrected chi connectivity index (χ3v) is 6.88. The van der Waals surface area contributed by atoms with Gasteiger partial charge in [0.2, 0.25) is 17.7 Å². The molecule has 4 atom stereocenters. The highest BCUT2D eigenvalue weighted by Crippen LogP contribution is 2.19. The standard InChI is InChI=1S/C30H37N5O7/c1-17(2)26(35-27(38)21(31)15-19-16-32-22-11-7-6-10-20(19)22)29(40)34-24(14-18-8-4-3-5-9-18)28(39)33-23(30(41)42)12-13-25(36)37/h3-11,16-17,21,23-24,26,32H,12-15,31H2,1-2H3,(H,33,39)(H,34,40)(H,35,38)(H,36,37)(H,41,42). The van der Waals surface area contributed by atoms with Crippen LogP contribution in [0.3, 0.4) is 0 Å². The molecule has 0 saturated heterocycles. The van der Waals surface area contributed by atoms with Gasteiger partial charge in [-0.2, -0.15) is 0 Å². The lowest BCUT2D eigenvalue weighted by atomic mass is 9.99. The summed E-state index contributed by atoms with van der Waals surface area (Å²) in [5, 5.41) is 27.1. The fourth-order valence-electron chi connectivity index (χ4n) is 4.54. The van der Waals surface area contributed by atoms with Gasteiger partial charge in [0.25, 0.3) is 0 Å². The molecular formula is C30H37N5O7. The summed E-state index contributed by atoms with van der Waals surface area (Å²) in [6, 6.07) is 11.7. The van der Waals surface area contributed by atoms with Crippen molar-refractivity contribution in [1.82, 2.24) is 20.9 Å². The summed E-state index contributed by atoms with van der Waals surface area (Å²) in [5.74, 6) is -4.97. The molecule has 0 spiro atoms. The van der Waals surface area contributed by atoms with Crippen LogP contribution in [0.5, 0.6) is 0 Å². The van der Waals surface area contributed by atoms with Gasteiger partial charge in [0.15, 0.2) is 0 Å². The van der Waals surface area contributed by atoms with Crippen LogP contribution in [0.4, 0.5) is 0 Å². The summed E-state index contributed by atoms with van der Waals surface area (Å²) in [6.07, 6.45) is 1.25. The molecule has 0 saturated carbocycles. The number of benzene rings is 2. The van der Waals surface area contributed by atoms with E-state index in [4.69, 9.17) is 10.8 Å². The number of amides is 3. The number of carbonyl (C=O) groups excluding carboxylic acids is 3. The fourth-order valence-corrected chi connectivity index (χ4v) is 4.54. The number of aromatic nitrogens is 1. The molecule has 0 aliphatic heterocycles. The Bertz CT molecular complexity index is 1410. The normalized spacial score (nSPS) is 14.0. The summed E-state index contributed by atoms with van der Waals surface area (Å²) in [6.45, 7) is 3.46. The van der Waals surface area contributed by atoms with Crippen molar-refractivity contribution in [2.75, 3.05) is 0 Å². The Kier molecular flexibility index (Phi) is 11.2. The Morgan fingerprint density at radius 2 is 1.45 bits per heavy atom. The number of H-pyrrole nitrogens is 1. The lowest BCUT2D eigenvalue weighted by Gasteiger charge is -2.27. The number of aromatic amines is 1. The number of carboxylic acid groups (broad SMARTS) is 2. The quantitative estimate of drug-likeness (QED) is 0.140. The molecule has 0 radical (unpaired) electrons. The van der Waals surface area contributed by atoms with Gasteiger partial charge in [-0.25, -0.2) is 4.79 Å². The average Bonchev–Trinajstić information content (AvgIpc) is 3.35. The van der Waals surface area contributed by atoms with E-state index in [9.17, 15) is 29.1 Å². The Morgan fingerprint density at radius 3 is 2.10 bits per heavy atom. The van der Waals surface area contributed by atoms with E-state index in [-0.39, 0.29) is 25.2 Å². The average molecular weight is 580 g/mol. The van der Waals surface area contributed by atoms with Crippen molar-refractivity contribution in [2.45, 2.75) is 63.7 Å². The van der Waals surface area contributed by atoms with E-state index in [1.54, 1.807) is 50.4 Å². The van der Waals surface area contributed by atoms with E-state index in [1.165, 1.54) is 0 Å². The number of fused-ring (bicyclic) bond motifs is 1. The molecule has 0 fully saturated rings.